The Morgan fingerprint density at radius 1 is 1.16 bits per heavy atom. The zero-order chi connectivity index (χ0) is 21.4. The molecular weight excluding hydrogens is 402 g/mol. The maximum absolute atomic E-state index is 12.6. The molecule has 1 aliphatic carbocycles. The number of carbonyl (C=O) groups is 1. The van der Waals surface area contributed by atoms with Gasteiger partial charge in [-0.25, -0.2) is 0 Å². The van der Waals surface area contributed by atoms with Crippen LogP contribution in [0.2, 0.25) is 0 Å². The monoisotopic (exact) mass is 435 g/mol. The van der Waals surface area contributed by atoms with Crippen molar-refractivity contribution in [2.45, 2.75) is 57.5 Å². The minimum Gasteiger partial charge on any atom is -0.342 e. The zero-order valence-electron chi connectivity index (χ0n) is 18.4. The lowest BCUT2D eigenvalue weighted by Crippen LogP contribution is -2.61. The lowest BCUT2D eigenvalue weighted by atomic mass is 9.68. The van der Waals surface area contributed by atoms with Crippen LogP contribution in [0.25, 0.3) is 6.08 Å². The smallest absolute Gasteiger partial charge is 0.250 e. The number of amides is 1. The van der Waals surface area contributed by atoms with Crippen LogP contribution in [0.5, 0.6) is 0 Å². The molecule has 2 bridgehead atoms. The van der Waals surface area contributed by atoms with Crippen LogP contribution in [0.3, 0.4) is 0 Å². The van der Waals surface area contributed by atoms with E-state index in [1.54, 1.807) is 11.6 Å². The zero-order valence-corrected chi connectivity index (χ0v) is 19.2. The first-order valence-corrected chi connectivity index (χ1v) is 12.3. The molecule has 1 aromatic rings. The molecule has 5 heteroatoms. The van der Waals surface area contributed by atoms with Crippen molar-refractivity contribution in [3.63, 3.8) is 0 Å². The SMILES string of the molecule is Cc1ccc(C=CC(=O)NC(=S)N2CCCC3=CC4CC(CN5CCCCC45)C32)cc1. The fourth-order valence-corrected chi connectivity index (χ4v) is 6.58. The van der Waals surface area contributed by atoms with Crippen LogP contribution in [-0.2, 0) is 4.79 Å². The Labute approximate surface area is 191 Å². The topological polar surface area (TPSA) is 35.6 Å². The number of fused-ring (bicyclic) bond motifs is 6. The fraction of sp³-hybridized carbons (Fsp3) is 0.538. The molecule has 164 valence electrons. The summed E-state index contributed by atoms with van der Waals surface area (Å²) in [7, 11) is 0. The van der Waals surface area contributed by atoms with Crippen LogP contribution < -0.4 is 5.32 Å². The Bertz CT molecular complexity index is 906. The highest BCUT2D eigenvalue weighted by Gasteiger charge is 2.46. The predicted molar refractivity (Wildman–Crippen MR) is 130 cm³/mol. The van der Waals surface area contributed by atoms with Crippen LogP contribution in [0.1, 0.15) is 49.7 Å². The first-order valence-electron chi connectivity index (χ1n) is 11.9. The van der Waals surface area contributed by atoms with Crippen LogP contribution in [0.4, 0.5) is 0 Å². The second-order valence-electron chi connectivity index (χ2n) is 9.74. The standard InChI is InChI=1S/C26H33N3OS/c1-18-7-9-19(10-8-18)11-12-24(30)27-26(31)29-14-4-5-20-15-21-16-22(25(20)29)17-28-13-3-2-6-23(21)28/h7-12,15,21-23,25H,2-6,13-14,16-17H2,1H3,(H,27,30,31). The molecule has 0 radical (unpaired) electrons. The van der Waals surface area contributed by atoms with Crippen molar-refractivity contribution in [3.8, 4) is 0 Å². The van der Waals surface area contributed by atoms with E-state index in [0.717, 1.165) is 24.6 Å². The third kappa shape index (κ3) is 4.35. The van der Waals surface area contributed by atoms with Crippen molar-refractivity contribution in [1.82, 2.24) is 15.1 Å². The molecule has 3 aliphatic heterocycles. The van der Waals surface area contributed by atoms with Crippen LogP contribution in [0.15, 0.2) is 42.0 Å². The van der Waals surface area contributed by atoms with Gasteiger partial charge in [-0.1, -0.05) is 47.9 Å². The molecule has 5 rings (SSSR count). The summed E-state index contributed by atoms with van der Waals surface area (Å²) in [5.74, 6) is 1.19. The Kier molecular flexibility index (Phi) is 5.98. The molecule has 3 heterocycles. The molecule has 4 aliphatic rings. The third-order valence-corrected chi connectivity index (χ3v) is 7.99. The summed E-state index contributed by atoms with van der Waals surface area (Å²) in [6.07, 6.45) is 13.7. The number of benzene rings is 1. The quantitative estimate of drug-likeness (QED) is 0.427. The highest BCUT2D eigenvalue weighted by molar-refractivity contribution is 7.80. The van der Waals surface area contributed by atoms with E-state index in [1.165, 1.54) is 50.8 Å². The minimum atomic E-state index is -0.143. The molecule has 4 atom stereocenters. The van der Waals surface area contributed by atoms with Gasteiger partial charge in [-0.2, -0.15) is 0 Å². The summed E-state index contributed by atoms with van der Waals surface area (Å²) in [6, 6.07) is 9.27. The lowest BCUT2D eigenvalue weighted by Gasteiger charge is -2.55. The van der Waals surface area contributed by atoms with Crippen LogP contribution in [-0.4, -0.2) is 52.5 Å². The Morgan fingerprint density at radius 2 is 2.00 bits per heavy atom. The van der Waals surface area contributed by atoms with Gasteiger partial charge in [-0.15, -0.1) is 0 Å². The van der Waals surface area contributed by atoms with Crippen molar-refractivity contribution in [3.05, 3.63) is 53.1 Å². The van der Waals surface area contributed by atoms with E-state index in [4.69, 9.17) is 12.2 Å². The molecule has 3 fully saturated rings. The number of aryl methyl sites for hydroxylation is 1. The maximum Gasteiger partial charge on any atom is 0.250 e. The van der Waals surface area contributed by atoms with Crippen molar-refractivity contribution in [2.75, 3.05) is 19.6 Å². The van der Waals surface area contributed by atoms with Gasteiger partial charge in [0.25, 0.3) is 0 Å². The number of piperidine rings is 3. The van der Waals surface area contributed by atoms with E-state index in [2.05, 4.69) is 40.2 Å². The van der Waals surface area contributed by atoms with Crippen LogP contribution in [0, 0.1) is 18.8 Å². The predicted octanol–water partition coefficient (Wildman–Crippen LogP) is 4.30. The first-order chi connectivity index (χ1) is 15.1. The van der Waals surface area contributed by atoms with Gasteiger partial charge < -0.3 is 4.90 Å². The van der Waals surface area contributed by atoms with E-state index >= 15 is 0 Å². The summed E-state index contributed by atoms with van der Waals surface area (Å²) in [5.41, 5.74) is 3.81. The second kappa shape index (κ2) is 8.87. The Morgan fingerprint density at radius 3 is 2.84 bits per heavy atom. The summed E-state index contributed by atoms with van der Waals surface area (Å²) in [5, 5.41) is 3.58. The molecule has 1 N–H and O–H groups in total. The molecule has 0 spiro atoms. The van der Waals surface area contributed by atoms with Gasteiger partial charge in [-0.05, 0) is 81.3 Å². The van der Waals surface area contributed by atoms with Gasteiger partial charge >= 0.3 is 0 Å². The number of hydrogen-bond acceptors (Lipinski definition) is 3. The van der Waals surface area contributed by atoms with Gasteiger partial charge in [0.15, 0.2) is 5.11 Å². The van der Waals surface area contributed by atoms with E-state index in [1.807, 2.05) is 18.2 Å². The van der Waals surface area contributed by atoms with Crippen molar-refractivity contribution >= 4 is 29.3 Å². The van der Waals surface area contributed by atoms with Gasteiger partial charge in [0.1, 0.15) is 0 Å². The first kappa shape index (κ1) is 20.9. The average molecular weight is 436 g/mol. The molecule has 31 heavy (non-hydrogen) atoms. The summed E-state index contributed by atoms with van der Waals surface area (Å²) >= 11 is 5.75. The van der Waals surface area contributed by atoms with E-state index < -0.39 is 0 Å². The Balaban J connectivity index is 1.27. The number of rotatable bonds is 2. The van der Waals surface area contributed by atoms with E-state index in [0.29, 0.717) is 23.0 Å². The number of likely N-dealkylation sites (tertiary alicyclic amines) is 1. The maximum atomic E-state index is 12.6. The van der Waals surface area contributed by atoms with Crippen molar-refractivity contribution in [2.24, 2.45) is 11.8 Å². The number of nitrogens with zero attached hydrogens (tertiary/aromatic N) is 2. The highest BCUT2D eigenvalue weighted by Crippen LogP contribution is 2.45. The summed E-state index contributed by atoms with van der Waals surface area (Å²) < 4.78 is 0. The third-order valence-electron chi connectivity index (χ3n) is 7.65. The van der Waals surface area contributed by atoms with Gasteiger partial charge in [0.2, 0.25) is 5.91 Å². The number of carbonyl (C=O) groups excluding carboxylic acids is 1. The lowest BCUT2D eigenvalue weighted by molar-refractivity contribution is -0.115. The van der Waals surface area contributed by atoms with Gasteiger partial charge in [-0.3, -0.25) is 15.0 Å². The second-order valence-corrected chi connectivity index (χ2v) is 10.1. The summed E-state index contributed by atoms with van der Waals surface area (Å²) in [6.45, 7) is 5.43. The van der Waals surface area contributed by atoms with Crippen molar-refractivity contribution < 1.29 is 4.79 Å². The minimum absolute atomic E-state index is 0.143. The molecule has 1 amide bonds. The summed E-state index contributed by atoms with van der Waals surface area (Å²) in [4.78, 5) is 17.6. The molecule has 3 saturated heterocycles. The largest absolute Gasteiger partial charge is 0.342 e. The Hall–Kier alpha value is -1.98. The van der Waals surface area contributed by atoms with E-state index in [9.17, 15) is 4.79 Å². The van der Waals surface area contributed by atoms with Crippen molar-refractivity contribution in [1.29, 1.82) is 0 Å². The number of nitrogens with one attached hydrogen (secondary N) is 1. The normalized spacial score (nSPS) is 30.4. The molecule has 1 aromatic carbocycles. The highest BCUT2D eigenvalue weighted by atomic mass is 32.1. The molecule has 0 aromatic heterocycles. The average Bonchev–Trinajstić information content (AvgIpc) is 2.78. The molecule has 4 nitrogen and oxygen atoms in total. The van der Waals surface area contributed by atoms with Gasteiger partial charge in [0, 0.05) is 25.2 Å². The number of hydrogen-bond donors (Lipinski definition) is 1. The molecule has 0 saturated carbocycles. The molecular formula is C26H33N3OS. The number of thiocarbonyl (C=S) groups is 1. The van der Waals surface area contributed by atoms with E-state index in [-0.39, 0.29) is 5.91 Å². The van der Waals surface area contributed by atoms with Crippen LogP contribution >= 0.6 is 12.2 Å². The molecule has 4 unspecified atom stereocenters. The fourth-order valence-electron chi connectivity index (χ4n) is 6.27. The van der Waals surface area contributed by atoms with Gasteiger partial charge in [0.05, 0.1) is 6.04 Å².